The third-order valence-electron chi connectivity index (χ3n) is 0. The maximum atomic E-state index is 3.17. The summed E-state index contributed by atoms with van der Waals surface area (Å²) >= 11 is 8.52. The molecule has 0 N–H and O–H groups in total. The highest BCUT2D eigenvalue weighted by molar-refractivity contribution is 14.1. The molecule has 4 heavy (non-hydrogen) atoms. The van der Waals surface area contributed by atoms with Crippen molar-refractivity contribution in [2.75, 3.05) is 0 Å². The summed E-state index contributed by atoms with van der Waals surface area (Å²) in [7, 11) is 0. The summed E-state index contributed by atoms with van der Waals surface area (Å²) in [5, 5.41) is 0. The van der Waals surface area contributed by atoms with E-state index in [1.165, 1.54) is 0 Å². The largest absolute Gasteiger partial charge is 0.121 e. The molecule has 0 aromatic rings. The Morgan fingerprint density at radius 2 is 1.50 bits per heavy atom. The van der Waals surface area contributed by atoms with Gasteiger partial charge in [0.2, 0.25) is 0 Å². The molecule has 0 rings (SSSR count). The van der Waals surface area contributed by atoms with E-state index in [4.69, 9.17) is 0 Å². The van der Waals surface area contributed by atoms with Crippen LogP contribution in [0.15, 0.2) is 0 Å². The molecule has 0 unspecified atom stereocenters. The molecule has 3 heteroatoms. The van der Waals surface area contributed by atoms with Crippen LogP contribution in [0.4, 0.5) is 0 Å². The lowest BCUT2D eigenvalue weighted by Gasteiger charge is -1.70. The Kier molecular flexibility index (Phi) is 4.13. The van der Waals surface area contributed by atoms with Crippen molar-refractivity contribution in [3.8, 4) is 0 Å². The van der Waals surface area contributed by atoms with Crippen LogP contribution in [-0.2, 0) is 0 Å². The Bertz CT molecular complexity index is 10.8. The van der Waals surface area contributed by atoms with Gasteiger partial charge in [0.25, 0.3) is 0 Å². The normalized spacial score (nSPS) is 9.00. The minimum atomic E-state index is 0.428. The van der Waals surface area contributed by atoms with Crippen LogP contribution in [0.5, 0.6) is 0 Å². The van der Waals surface area contributed by atoms with E-state index in [0.717, 1.165) is 0 Å². The van der Waals surface area contributed by atoms with Gasteiger partial charge in [-0.05, 0) is 0 Å². The quantitative estimate of drug-likeness (QED) is 0.476. The van der Waals surface area contributed by atoms with Crippen molar-refractivity contribution in [2.45, 2.75) is 1.74 Å². The van der Waals surface area contributed by atoms with E-state index in [0.29, 0.717) is 1.74 Å². The van der Waals surface area contributed by atoms with Gasteiger partial charge in [-0.15, -0.1) is 0 Å². The Morgan fingerprint density at radius 1 is 1.50 bits per heavy atom. The Labute approximate surface area is 55.7 Å². The van der Waals surface area contributed by atoms with Gasteiger partial charge in [-0.25, -0.2) is 0 Å². The third kappa shape index (κ3) is 9.35. The van der Waals surface area contributed by atoms with Gasteiger partial charge in [-0.1, -0.05) is 54.5 Å². The first-order valence-electron chi connectivity index (χ1n) is 0.655. The molecule has 0 bridgehead atoms. The lowest BCUT2D eigenvalue weighted by molar-refractivity contribution is 2.34. The van der Waals surface area contributed by atoms with E-state index < -0.39 is 0 Å². The zero-order valence-electron chi connectivity index (χ0n) is 1.71. The van der Waals surface area contributed by atoms with Crippen LogP contribution in [0.3, 0.4) is 0 Å². The molecule has 0 aliphatic rings. The maximum absolute atomic E-state index is 3.17. The van der Waals surface area contributed by atoms with Gasteiger partial charge in [0.05, 0.1) is 0 Å². The Hall–Kier alpha value is 1.69. The Balaban J connectivity index is 2.32. The molecule has 0 saturated carbocycles. The zero-order chi connectivity index (χ0) is 3.58. The molecule has 0 radical (unpaired) electrons. The van der Waals surface area contributed by atoms with Crippen molar-refractivity contribution < 1.29 is 0 Å². The highest BCUT2D eigenvalue weighted by Crippen LogP contribution is 2.14. The van der Waals surface area contributed by atoms with Gasteiger partial charge in [0, 0.05) is 0 Å². The molecular weight excluding hydrogens is 299 g/mol. The molecule has 0 nitrogen and oxygen atoms in total. The van der Waals surface area contributed by atoms with Crippen molar-refractivity contribution >= 4 is 54.5 Å². The van der Waals surface area contributed by atoms with Crippen LogP contribution < -0.4 is 0 Å². The lowest BCUT2D eigenvalue weighted by atomic mass is 12.0. The van der Waals surface area contributed by atoms with Gasteiger partial charge in [-0.3, -0.25) is 0 Å². The number of hydrogen-bond acceptors (Lipinski definition) is 0. The summed E-state index contributed by atoms with van der Waals surface area (Å²) in [6.45, 7) is 0. The molecule has 0 spiro atoms. The number of halogens is 3. The number of alkyl halides is 3. The summed E-state index contributed by atoms with van der Waals surface area (Å²) in [5.41, 5.74) is 0. The summed E-state index contributed by atoms with van der Waals surface area (Å²) in [6, 6.07) is 0. The van der Waals surface area contributed by atoms with Crippen molar-refractivity contribution in [1.29, 1.82) is 0 Å². The van der Waals surface area contributed by atoms with Crippen molar-refractivity contribution in [1.82, 2.24) is 0 Å². The van der Waals surface area contributed by atoms with E-state index >= 15 is 0 Å². The van der Waals surface area contributed by atoms with Crippen molar-refractivity contribution in [3.63, 3.8) is 0 Å². The van der Waals surface area contributed by atoms with Crippen LogP contribution in [-0.4, -0.2) is 1.74 Å². The van der Waals surface area contributed by atoms with Crippen LogP contribution in [0, 0.1) is 0 Å². The van der Waals surface area contributed by atoms with Gasteiger partial charge < -0.3 is 0 Å². The molecule has 0 aromatic heterocycles. The molecule has 0 heterocycles. The summed E-state index contributed by atoms with van der Waals surface area (Å²) in [5.74, 6) is 0. The SMILES string of the molecule is BrC(Br)I. The van der Waals surface area contributed by atoms with E-state index in [1.54, 1.807) is 0 Å². The number of hydrogen-bond donors (Lipinski definition) is 0. The first-order valence-corrected chi connectivity index (χ1v) is 3.73. The second kappa shape index (κ2) is 2.90. The fourth-order valence-corrected chi connectivity index (χ4v) is 0. The maximum Gasteiger partial charge on any atom is 0.121 e. The molecule has 0 atom stereocenters. The van der Waals surface area contributed by atoms with Gasteiger partial charge >= 0.3 is 0 Å². The van der Waals surface area contributed by atoms with Gasteiger partial charge in [0.1, 0.15) is 1.74 Å². The smallest absolute Gasteiger partial charge is 0.0647 e. The molecule has 0 aromatic carbocycles. The van der Waals surface area contributed by atoms with Crippen LogP contribution >= 0.6 is 54.5 Å². The minimum Gasteiger partial charge on any atom is -0.0647 e. The van der Waals surface area contributed by atoms with Crippen LogP contribution in [0.2, 0.25) is 0 Å². The monoisotopic (exact) mass is 298 g/mol. The summed E-state index contributed by atoms with van der Waals surface area (Å²) in [6.07, 6.45) is 0. The minimum absolute atomic E-state index is 0.428. The third-order valence-corrected chi connectivity index (χ3v) is 0. The molecule has 0 amide bonds. The highest BCUT2D eigenvalue weighted by atomic mass is 127. The van der Waals surface area contributed by atoms with Crippen molar-refractivity contribution in [3.05, 3.63) is 0 Å². The first kappa shape index (κ1) is 5.69. The Morgan fingerprint density at radius 3 is 1.50 bits per heavy atom. The topological polar surface area (TPSA) is 0 Å². The molecule has 0 aliphatic carbocycles. The molecule has 0 aliphatic heterocycles. The average molecular weight is 300 g/mol. The highest BCUT2D eigenvalue weighted by Gasteiger charge is 1.76. The summed E-state index contributed by atoms with van der Waals surface area (Å²) < 4.78 is 0.428. The fourth-order valence-electron chi connectivity index (χ4n) is 0. The lowest BCUT2D eigenvalue weighted by Crippen LogP contribution is -1.48. The zero-order valence-corrected chi connectivity index (χ0v) is 7.04. The average Bonchev–Trinajstić information content (AvgIpc) is 0.811. The van der Waals surface area contributed by atoms with E-state index in [-0.39, 0.29) is 0 Å². The van der Waals surface area contributed by atoms with Gasteiger partial charge in [0.15, 0.2) is 0 Å². The predicted octanol–water partition coefficient (Wildman–Crippen LogP) is 2.49. The summed E-state index contributed by atoms with van der Waals surface area (Å²) in [4.78, 5) is 0. The number of rotatable bonds is 0. The molecular formula is CHBr2I. The second-order valence-electron chi connectivity index (χ2n) is 0.247. The van der Waals surface area contributed by atoms with Crippen LogP contribution in [0.1, 0.15) is 0 Å². The second-order valence-corrected chi connectivity index (χ2v) is 7.98. The molecule has 0 fully saturated rings. The van der Waals surface area contributed by atoms with E-state index in [1.807, 2.05) is 0 Å². The van der Waals surface area contributed by atoms with E-state index in [2.05, 4.69) is 54.5 Å². The fraction of sp³-hybridized carbons (Fsp3) is 1.00. The molecule has 0 saturated heterocycles. The standard InChI is InChI=1S/CHBr2I/c2-1(3)4/h1H. The predicted molar refractivity (Wildman–Crippen MR) is 35.7 cm³/mol. The van der Waals surface area contributed by atoms with Gasteiger partial charge in [-0.2, -0.15) is 0 Å². The van der Waals surface area contributed by atoms with E-state index in [9.17, 15) is 0 Å². The van der Waals surface area contributed by atoms with Crippen molar-refractivity contribution in [2.24, 2.45) is 0 Å². The first-order chi connectivity index (χ1) is 1.73. The van der Waals surface area contributed by atoms with Crippen LogP contribution in [0.25, 0.3) is 0 Å². The molecule has 26 valence electrons.